The Labute approximate surface area is 121 Å². The first kappa shape index (κ1) is 15.2. The molecule has 0 radical (unpaired) electrons. The van der Waals surface area contributed by atoms with E-state index in [0.717, 1.165) is 0 Å². The van der Waals surface area contributed by atoms with E-state index in [4.69, 9.17) is 9.47 Å². The van der Waals surface area contributed by atoms with Gasteiger partial charge in [-0.15, -0.1) is 0 Å². The second-order valence-corrected chi connectivity index (χ2v) is 4.69. The van der Waals surface area contributed by atoms with Crippen LogP contribution in [0.25, 0.3) is 0 Å². The maximum absolute atomic E-state index is 12.2. The maximum Gasteiger partial charge on any atom is 0.271 e. The number of anilines is 1. The van der Waals surface area contributed by atoms with E-state index in [0.29, 0.717) is 18.7 Å². The molecule has 114 valence electrons. The van der Waals surface area contributed by atoms with Crippen molar-refractivity contribution in [2.75, 3.05) is 26.1 Å². The molecule has 0 spiro atoms. The van der Waals surface area contributed by atoms with Gasteiger partial charge in [-0.3, -0.25) is 14.9 Å². The molecule has 2 atom stereocenters. The van der Waals surface area contributed by atoms with E-state index in [1.807, 2.05) is 0 Å². The molecule has 1 saturated heterocycles. The number of nitro groups is 1. The Hall–Kier alpha value is -2.19. The van der Waals surface area contributed by atoms with Crippen LogP contribution in [0.15, 0.2) is 18.2 Å². The molecule has 1 fully saturated rings. The first-order chi connectivity index (χ1) is 10.0. The van der Waals surface area contributed by atoms with E-state index < -0.39 is 4.92 Å². The minimum atomic E-state index is -0.524. The minimum absolute atomic E-state index is 0.00671. The summed E-state index contributed by atoms with van der Waals surface area (Å²) in [5.41, 5.74) is 0.166. The highest BCUT2D eigenvalue weighted by molar-refractivity contribution is 5.96. The zero-order valence-corrected chi connectivity index (χ0v) is 11.8. The summed E-state index contributed by atoms with van der Waals surface area (Å²) >= 11 is 0. The Kier molecular flexibility index (Phi) is 4.71. The van der Waals surface area contributed by atoms with Crippen LogP contribution < -0.4 is 15.4 Å². The second kappa shape index (κ2) is 6.51. The molecule has 0 aromatic heterocycles. The van der Waals surface area contributed by atoms with Crippen LogP contribution in [0.2, 0.25) is 0 Å². The summed E-state index contributed by atoms with van der Waals surface area (Å²) < 4.78 is 10.3. The molecule has 0 bridgehead atoms. The van der Waals surface area contributed by atoms with Gasteiger partial charge in [0, 0.05) is 25.8 Å². The summed E-state index contributed by atoms with van der Waals surface area (Å²) in [5, 5.41) is 16.5. The van der Waals surface area contributed by atoms with E-state index in [2.05, 4.69) is 10.6 Å². The lowest BCUT2D eigenvalue weighted by atomic mass is 10.2. The molecule has 1 amide bonds. The highest BCUT2D eigenvalue weighted by atomic mass is 16.6. The quantitative estimate of drug-likeness (QED) is 0.618. The fourth-order valence-electron chi connectivity index (χ4n) is 2.21. The molecular formula is C13H17N3O5. The number of ether oxygens (including phenoxy) is 2. The lowest BCUT2D eigenvalue weighted by Crippen LogP contribution is -2.35. The first-order valence-electron chi connectivity index (χ1n) is 6.44. The lowest BCUT2D eigenvalue weighted by Gasteiger charge is -2.13. The number of nitro benzene ring substituents is 1. The Morgan fingerprint density at radius 3 is 2.81 bits per heavy atom. The van der Waals surface area contributed by atoms with Crippen LogP contribution in [-0.2, 0) is 9.53 Å². The molecule has 2 rings (SSSR count). The molecule has 0 aliphatic carbocycles. The smallest absolute Gasteiger partial charge is 0.271 e. The summed E-state index contributed by atoms with van der Waals surface area (Å²) in [6.45, 7) is 0.598. The van der Waals surface area contributed by atoms with Crippen molar-refractivity contribution in [2.24, 2.45) is 0 Å². The Bertz CT molecular complexity index is 549. The van der Waals surface area contributed by atoms with Crippen molar-refractivity contribution in [2.45, 2.75) is 18.6 Å². The highest BCUT2D eigenvalue weighted by Gasteiger charge is 2.30. The molecular weight excluding hydrogens is 278 g/mol. The standard InChI is InChI=1S/C13H17N3O5/c1-20-9-6-11(14-7-9)13(17)15-10-5-8(16(18)19)3-4-12(10)21-2/h3-5,9,11,14H,6-7H2,1-2H3,(H,15,17). The Morgan fingerprint density at radius 1 is 1.48 bits per heavy atom. The predicted molar refractivity (Wildman–Crippen MR) is 75.5 cm³/mol. The van der Waals surface area contributed by atoms with Crippen molar-refractivity contribution in [3.63, 3.8) is 0 Å². The molecule has 8 nitrogen and oxygen atoms in total. The second-order valence-electron chi connectivity index (χ2n) is 4.69. The number of nitrogens with one attached hydrogen (secondary N) is 2. The first-order valence-corrected chi connectivity index (χ1v) is 6.44. The van der Waals surface area contributed by atoms with Crippen LogP contribution in [0.3, 0.4) is 0 Å². The number of non-ortho nitro benzene ring substituents is 1. The topological polar surface area (TPSA) is 103 Å². The van der Waals surface area contributed by atoms with Crippen LogP contribution in [0, 0.1) is 10.1 Å². The van der Waals surface area contributed by atoms with E-state index in [9.17, 15) is 14.9 Å². The van der Waals surface area contributed by atoms with Gasteiger partial charge in [0.1, 0.15) is 5.75 Å². The number of benzene rings is 1. The number of amides is 1. The van der Waals surface area contributed by atoms with Crippen molar-refractivity contribution in [3.05, 3.63) is 28.3 Å². The molecule has 2 N–H and O–H groups in total. The fraction of sp³-hybridized carbons (Fsp3) is 0.462. The van der Waals surface area contributed by atoms with Gasteiger partial charge in [-0.05, 0) is 12.5 Å². The summed E-state index contributed by atoms with van der Waals surface area (Å²) in [4.78, 5) is 22.4. The lowest BCUT2D eigenvalue weighted by molar-refractivity contribution is -0.384. The number of hydrogen-bond acceptors (Lipinski definition) is 6. The molecule has 2 unspecified atom stereocenters. The molecule has 8 heteroatoms. The highest BCUT2D eigenvalue weighted by Crippen LogP contribution is 2.29. The minimum Gasteiger partial charge on any atom is -0.495 e. The van der Waals surface area contributed by atoms with Gasteiger partial charge in [0.15, 0.2) is 0 Å². The zero-order valence-electron chi connectivity index (χ0n) is 11.8. The van der Waals surface area contributed by atoms with E-state index in [-0.39, 0.29) is 29.4 Å². The van der Waals surface area contributed by atoms with E-state index in [1.165, 1.54) is 25.3 Å². The van der Waals surface area contributed by atoms with Gasteiger partial charge >= 0.3 is 0 Å². The third-order valence-electron chi connectivity index (χ3n) is 3.39. The molecule has 1 aliphatic rings. The number of carbonyl (C=O) groups is 1. The number of hydrogen-bond donors (Lipinski definition) is 2. The third kappa shape index (κ3) is 3.47. The monoisotopic (exact) mass is 295 g/mol. The van der Waals surface area contributed by atoms with Crippen molar-refractivity contribution in [1.29, 1.82) is 0 Å². The summed E-state index contributed by atoms with van der Waals surface area (Å²) in [6.07, 6.45) is 0.548. The van der Waals surface area contributed by atoms with Crippen LogP contribution in [-0.4, -0.2) is 43.7 Å². The van der Waals surface area contributed by atoms with Gasteiger partial charge in [-0.25, -0.2) is 0 Å². The van der Waals surface area contributed by atoms with Gasteiger partial charge in [-0.1, -0.05) is 0 Å². The molecule has 1 aromatic carbocycles. The van der Waals surface area contributed by atoms with Crippen LogP contribution in [0.5, 0.6) is 5.75 Å². The average Bonchev–Trinajstić information content (AvgIpc) is 2.96. The maximum atomic E-state index is 12.2. The molecule has 1 heterocycles. The van der Waals surface area contributed by atoms with Crippen LogP contribution >= 0.6 is 0 Å². The van der Waals surface area contributed by atoms with Gasteiger partial charge < -0.3 is 20.1 Å². The third-order valence-corrected chi connectivity index (χ3v) is 3.39. The van der Waals surface area contributed by atoms with Crippen molar-refractivity contribution >= 4 is 17.3 Å². The predicted octanol–water partition coefficient (Wildman–Crippen LogP) is 0.919. The van der Waals surface area contributed by atoms with Gasteiger partial charge in [-0.2, -0.15) is 0 Å². The molecule has 1 aliphatic heterocycles. The van der Waals surface area contributed by atoms with Crippen molar-refractivity contribution in [1.82, 2.24) is 5.32 Å². The van der Waals surface area contributed by atoms with Gasteiger partial charge in [0.25, 0.3) is 5.69 Å². The van der Waals surface area contributed by atoms with Crippen molar-refractivity contribution in [3.8, 4) is 5.75 Å². The molecule has 21 heavy (non-hydrogen) atoms. The largest absolute Gasteiger partial charge is 0.495 e. The molecule has 0 saturated carbocycles. The van der Waals surface area contributed by atoms with Gasteiger partial charge in [0.05, 0.1) is 29.9 Å². The number of methoxy groups -OCH3 is 2. The number of nitrogens with zero attached hydrogens (tertiary/aromatic N) is 1. The van der Waals surface area contributed by atoms with Crippen LogP contribution in [0.1, 0.15) is 6.42 Å². The van der Waals surface area contributed by atoms with E-state index >= 15 is 0 Å². The SMILES string of the molecule is COc1ccc([N+](=O)[O-])cc1NC(=O)C1CC(OC)CN1. The Morgan fingerprint density at radius 2 is 2.24 bits per heavy atom. The number of carbonyl (C=O) groups excluding carboxylic acids is 1. The van der Waals surface area contributed by atoms with Crippen molar-refractivity contribution < 1.29 is 19.2 Å². The van der Waals surface area contributed by atoms with Gasteiger partial charge in [0.2, 0.25) is 5.91 Å². The Balaban J connectivity index is 2.12. The fourth-order valence-corrected chi connectivity index (χ4v) is 2.21. The molecule has 1 aromatic rings. The summed E-state index contributed by atoms with van der Waals surface area (Å²) in [7, 11) is 3.03. The summed E-state index contributed by atoms with van der Waals surface area (Å²) in [5.74, 6) is 0.101. The summed E-state index contributed by atoms with van der Waals surface area (Å²) in [6, 6.07) is 3.66. The average molecular weight is 295 g/mol. The zero-order chi connectivity index (χ0) is 15.4. The normalized spacial score (nSPS) is 21.0. The van der Waals surface area contributed by atoms with Crippen LogP contribution in [0.4, 0.5) is 11.4 Å². The number of rotatable bonds is 5. The van der Waals surface area contributed by atoms with E-state index in [1.54, 1.807) is 7.11 Å².